The van der Waals surface area contributed by atoms with Crippen molar-refractivity contribution in [2.24, 2.45) is 5.73 Å². The van der Waals surface area contributed by atoms with Crippen LogP contribution in [-0.4, -0.2) is 17.6 Å². The molecule has 0 aromatic carbocycles. The highest BCUT2D eigenvalue weighted by molar-refractivity contribution is 5.93. The van der Waals surface area contributed by atoms with Gasteiger partial charge in [0.25, 0.3) is 0 Å². The predicted octanol–water partition coefficient (Wildman–Crippen LogP) is 0.254. The number of nitrogens with zero attached hydrogens (tertiary/aromatic N) is 1. The summed E-state index contributed by atoms with van der Waals surface area (Å²) in [6, 6.07) is 3.72. The van der Waals surface area contributed by atoms with Crippen LogP contribution in [0, 0.1) is 12.3 Å². The van der Waals surface area contributed by atoms with Crippen molar-refractivity contribution in [3.63, 3.8) is 0 Å². The lowest BCUT2D eigenvalue weighted by Crippen LogP contribution is -2.22. The van der Waals surface area contributed by atoms with E-state index in [4.69, 9.17) is 11.1 Å². The maximum atomic E-state index is 7.21. The van der Waals surface area contributed by atoms with Crippen molar-refractivity contribution >= 4 is 5.84 Å². The second-order valence-corrected chi connectivity index (χ2v) is 2.33. The Kier molecular flexibility index (Phi) is 1.85. The lowest BCUT2D eigenvalue weighted by Gasteiger charge is -2.08. The number of nitrogen functional groups attached to an aromatic ring is 1. The van der Waals surface area contributed by atoms with Crippen molar-refractivity contribution in [1.29, 1.82) is 5.41 Å². The fourth-order valence-electron chi connectivity index (χ4n) is 1.05. The normalized spacial score (nSPS) is 9.64. The van der Waals surface area contributed by atoms with Gasteiger partial charge in [0.1, 0.15) is 11.5 Å². The van der Waals surface area contributed by atoms with E-state index < -0.39 is 0 Å². The van der Waals surface area contributed by atoms with E-state index in [2.05, 4.69) is 5.43 Å². The number of rotatable bonds is 2. The first-order valence-electron chi connectivity index (χ1n) is 3.37. The van der Waals surface area contributed by atoms with Crippen LogP contribution in [0.25, 0.3) is 0 Å². The summed E-state index contributed by atoms with van der Waals surface area (Å²) in [4.78, 5) is 0. The number of aryl methyl sites for hydroxylation is 1. The number of hydrogen-bond acceptors (Lipinski definition) is 2. The van der Waals surface area contributed by atoms with E-state index in [0.29, 0.717) is 5.69 Å². The molecule has 0 saturated heterocycles. The van der Waals surface area contributed by atoms with Crippen LogP contribution in [0.15, 0.2) is 12.1 Å². The quantitative estimate of drug-likeness (QED) is 0.420. The molecule has 0 amide bonds. The molecule has 0 saturated carbocycles. The third kappa shape index (κ3) is 1.19. The Morgan fingerprint density at radius 3 is 2.64 bits per heavy atom. The van der Waals surface area contributed by atoms with Crippen molar-refractivity contribution in [2.75, 3.05) is 12.5 Å². The Morgan fingerprint density at radius 1 is 1.64 bits per heavy atom. The van der Waals surface area contributed by atoms with Gasteiger partial charge in [0.2, 0.25) is 0 Å². The van der Waals surface area contributed by atoms with Crippen LogP contribution in [0.5, 0.6) is 0 Å². The molecule has 0 fully saturated rings. The molecule has 1 rings (SSSR count). The summed E-state index contributed by atoms with van der Waals surface area (Å²) >= 11 is 0. The Labute approximate surface area is 65.5 Å². The summed E-state index contributed by atoms with van der Waals surface area (Å²) in [5.41, 5.74) is 9.99. The third-order valence-corrected chi connectivity index (χ3v) is 1.58. The van der Waals surface area contributed by atoms with E-state index in [9.17, 15) is 0 Å². The maximum Gasteiger partial charge on any atom is 0.141 e. The minimum atomic E-state index is 0.0763. The summed E-state index contributed by atoms with van der Waals surface area (Å²) in [6.07, 6.45) is 0. The molecular formula is C7H12N4. The number of hydrogen-bond donors (Lipinski definition) is 3. The van der Waals surface area contributed by atoms with Gasteiger partial charge in [0, 0.05) is 12.7 Å². The molecule has 0 aliphatic heterocycles. The van der Waals surface area contributed by atoms with E-state index in [1.54, 1.807) is 11.7 Å². The summed E-state index contributed by atoms with van der Waals surface area (Å²) in [5, 5.41) is 7.21. The first-order valence-corrected chi connectivity index (χ1v) is 3.37. The van der Waals surface area contributed by atoms with E-state index >= 15 is 0 Å². The molecule has 11 heavy (non-hydrogen) atoms. The van der Waals surface area contributed by atoms with E-state index in [1.807, 2.05) is 19.1 Å². The van der Waals surface area contributed by atoms with E-state index in [0.717, 1.165) is 5.69 Å². The summed E-state index contributed by atoms with van der Waals surface area (Å²) in [6.45, 7) is 1.95. The zero-order valence-corrected chi connectivity index (χ0v) is 6.68. The molecule has 1 aromatic heterocycles. The van der Waals surface area contributed by atoms with E-state index in [-0.39, 0.29) is 5.84 Å². The first-order chi connectivity index (χ1) is 5.16. The smallest absolute Gasteiger partial charge is 0.141 e. The van der Waals surface area contributed by atoms with Crippen LogP contribution in [-0.2, 0) is 0 Å². The zero-order valence-electron chi connectivity index (χ0n) is 6.68. The molecular weight excluding hydrogens is 140 g/mol. The van der Waals surface area contributed by atoms with Crippen LogP contribution >= 0.6 is 0 Å². The molecule has 0 unspecified atom stereocenters. The summed E-state index contributed by atoms with van der Waals surface area (Å²) in [7, 11) is 1.79. The molecule has 0 aliphatic carbocycles. The highest BCUT2D eigenvalue weighted by Gasteiger charge is 2.04. The molecule has 60 valence electrons. The van der Waals surface area contributed by atoms with Gasteiger partial charge >= 0.3 is 0 Å². The molecule has 4 heteroatoms. The summed E-state index contributed by atoms with van der Waals surface area (Å²) < 4.78 is 1.77. The monoisotopic (exact) mass is 152 g/mol. The minimum Gasteiger partial charge on any atom is -0.382 e. The zero-order chi connectivity index (χ0) is 8.43. The Balaban J connectivity index is 3.15. The second kappa shape index (κ2) is 2.65. The second-order valence-electron chi connectivity index (χ2n) is 2.33. The average molecular weight is 152 g/mol. The fraction of sp³-hybridized carbons (Fsp3) is 0.286. The Morgan fingerprint density at radius 2 is 2.27 bits per heavy atom. The lowest BCUT2D eigenvalue weighted by molar-refractivity contribution is 0.880. The van der Waals surface area contributed by atoms with Crippen molar-refractivity contribution in [3.05, 3.63) is 23.5 Å². The molecule has 0 bridgehead atoms. The largest absolute Gasteiger partial charge is 0.382 e. The van der Waals surface area contributed by atoms with Gasteiger partial charge < -0.3 is 11.2 Å². The van der Waals surface area contributed by atoms with Gasteiger partial charge in [-0.1, -0.05) is 0 Å². The van der Waals surface area contributed by atoms with Gasteiger partial charge in [-0.3, -0.25) is 10.1 Å². The molecule has 4 nitrogen and oxygen atoms in total. The number of nitrogens with one attached hydrogen (secondary N) is 2. The van der Waals surface area contributed by atoms with Gasteiger partial charge in [-0.15, -0.1) is 0 Å². The molecule has 0 radical (unpaired) electrons. The molecule has 0 spiro atoms. The molecule has 1 heterocycles. The number of aromatic nitrogens is 1. The number of amidine groups is 1. The van der Waals surface area contributed by atoms with Gasteiger partial charge in [0.15, 0.2) is 0 Å². The molecule has 4 N–H and O–H groups in total. The highest BCUT2D eigenvalue weighted by atomic mass is 15.4. The molecule has 0 atom stereocenters. The molecule has 1 aromatic rings. The molecule has 0 aliphatic rings. The van der Waals surface area contributed by atoms with Crippen LogP contribution < -0.4 is 11.2 Å². The van der Waals surface area contributed by atoms with Crippen LogP contribution in [0.2, 0.25) is 0 Å². The minimum absolute atomic E-state index is 0.0763. The maximum absolute atomic E-state index is 7.21. The Hall–Kier alpha value is -1.45. The summed E-state index contributed by atoms with van der Waals surface area (Å²) in [5.74, 6) is 0.0763. The first kappa shape index (κ1) is 7.65. The Bertz CT molecular complexity index is 274. The van der Waals surface area contributed by atoms with Crippen molar-refractivity contribution in [1.82, 2.24) is 4.68 Å². The predicted molar refractivity (Wildman–Crippen MR) is 45.5 cm³/mol. The average Bonchev–Trinajstić information content (AvgIpc) is 2.30. The van der Waals surface area contributed by atoms with Crippen molar-refractivity contribution in [3.8, 4) is 0 Å². The number of nitrogens with two attached hydrogens (primary N) is 1. The highest BCUT2D eigenvalue weighted by Crippen LogP contribution is 2.03. The third-order valence-electron chi connectivity index (χ3n) is 1.58. The fourth-order valence-corrected chi connectivity index (χ4v) is 1.05. The van der Waals surface area contributed by atoms with Crippen LogP contribution in [0.3, 0.4) is 0 Å². The standard InChI is InChI=1S/C7H12N4/c1-5-3-4-6(7(8)9)11(5)10-2/h3-4,10H,1-2H3,(H3,8,9). The van der Waals surface area contributed by atoms with Crippen molar-refractivity contribution in [2.45, 2.75) is 6.92 Å². The van der Waals surface area contributed by atoms with Crippen LogP contribution in [0.1, 0.15) is 11.4 Å². The van der Waals surface area contributed by atoms with E-state index in [1.165, 1.54) is 0 Å². The van der Waals surface area contributed by atoms with Gasteiger partial charge in [-0.05, 0) is 19.1 Å². The lowest BCUT2D eigenvalue weighted by atomic mass is 10.4. The topological polar surface area (TPSA) is 66.8 Å². The van der Waals surface area contributed by atoms with Gasteiger partial charge in [-0.2, -0.15) is 0 Å². The van der Waals surface area contributed by atoms with Gasteiger partial charge in [-0.25, -0.2) is 0 Å². The SMILES string of the molecule is CNn1c(C)ccc1C(=N)N. The van der Waals surface area contributed by atoms with Crippen molar-refractivity contribution < 1.29 is 0 Å². The van der Waals surface area contributed by atoms with Crippen LogP contribution in [0.4, 0.5) is 0 Å². The van der Waals surface area contributed by atoms with Gasteiger partial charge in [0.05, 0.1) is 0 Å².